The molecule has 1 heterocycles. The molecule has 2 amide bonds. The molecule has 0 radical (unpaired) electrons. The first-order valence-electron chi connectivity index (χ1n) is 7.02. The van der Waals surface area contributed by atoms with Gasteiger partial charge in [-0.1, -0.05) is 12.1 Å². The van der Waals surface area contributed by atoms with Gasteiger partial charge in [0, 0.05) is 19.2 Å². The number of fused-ring (bicyclic) bond motifs is 1. The molecule has 7 nitrogen and oxygen atoms in total. The van der Waals surface area contributed by atoms with Crippen molar-refractivity contribution in [3.05, 3.63) is 58.4 Å². The maximum Gasteiger partial charge on any atom is 0.293 e. The van der Waals surface area contributed by atoms with E-state index in [1.54, 1.807) is 0 Å². The van der Waals surface area contributed by atoms with E-state index in [2.05, 4.69) is 0 Å². The van der Waals surface area contributed by atoms with Gasteiger partial charge in [-0.25, -0.2) is 4.39 Å². The van der Waals surface area contributed by atoms with E-state index in [4.69, 9.17) is 0 Å². The first-order valence-corrected chi connectivity index (χ1v) is 7.02. The van der Waals surface area contributed by atoms with Gasteiger partial charge in [0.25, 0.3) is 5.69 Å². The Morgan fingerprint density at radius 3 is 2.46 bits per heavy atom. The quantitative estimate of drug-likeness (QED) is 0.482. The van der Waals surface area contributed by atoms with Crippen molar-refractivity contribution in [2.45, 2.75) is 6.42 Å². The Morgan fingerprint density at radius 2 is 1.75 bits per heavy atom. The van der Waals surface area contributed by atoms with E-state index >= 15 is 0 Å². The molecule has 0 saturated carbocycles. The zero-order valence-electron chi connectivity index (χ0n) is 12.6. The highest BCUT2D eigenvalue weighted by molar-refractivity contribution is 6.18. The Bertz CT molecular complexity index is 868. The van der Waals surface area contributed by atoms with Crippen LogP contribution in [-0.2, 0) is 9.59 Å². The third kappa shape index (κ3) is 2.47. The Kier molecular flexibility index (Phi) is 3.72. The largest absolute Gasteiger partial charge is 0.313 e. The molecule has 0 spiro atoms. The number of hydrogen-bond donors (Lipinski definition) is 0. The molecule has 24 heavy (non-hydrogen) atoms. The summed E-state index contributed by atoms with van der Waals surface area (Å²) in [5, 5.41) is 11.3. The minimum Gasteiger partial charge on any atom is -0.313 e. The molecule has 0 bridgehead atoms. The van der Waals surface area contributed by atoms with Crippen molar-refractivity contribution in [2.75, 3.05) is 16.8 Å². The second-order valence-corrected chi connectivity index (χ2v) is 5.24. The second kappa shape index (κ2) is 5.73. The molecule has 0 fully saturated rings. The molecule has 0 unspecified atom stereocenters. The van der Waals surface area contributed by atoms with Crippen molar-refractivity contribution >= 4 is 34.6 Å². The lowest BCUT2D eigenvalue weighted by molar-refractivity contribution is -0.384. The van der Waals surface area contributed by atoms with Crippen LogP contribution in [0.3, 0.4) is 0 Å². The third-order valence-corrected chi connectivity index (χ3v) is 3.79. The number of nitrogens with zero attached hydrogens (tertiary/aromatic N) is 3. The summed E-state index contributed by atoms with van der Waals surface area (Å²) in [6.07, 6.45) is -0.473. The molecule has 0 aromatic heterocycles. The van der Waals surface area contributed by atoms with Gasteiger partial charge in [0.1, 0.15) is 17.9 Å². The van der Waals surface area contributed by atoms with Gasteiger partial charge in [0.15, 0.2) is 0 Å². The van der Waals surface area contributed by atoms with Crippen molar-refractivity contribution < 1.29 is 18.9 Å². The molecular weight excluding hydrogens is 317 g/mol. The average molecular weight is 329 g/mol. The van der Waals surface area contributed by atoms with E-state index in [1.165, 1.54) is 42.3 Å². The number of carbonyl (C=O) groups excluding carboxylic acids is 2. The fourth-order valence-corrected chi connectivity index (χ4v) is 2.63. The smallest absolute Gasteiger partial charge is 0.293 e. The van der Waals surface area contributed by atoms with Crippen molar-refractivity contribution in [3.8, 4) is 0 Å². The molecular formula is C16H12FN3O4. The van der Waals surface area contributed by atoms with E-state index in [0.717, 1.165) is 17.0 Å². The molecule has 3 rings (SSSR count). The van der Waals surface area contributed by atoms with Gasteiger partial charge < -0.3 is 4.90 Å². The maximum atomic E-state index is 13.8. The minimum absolute atomic E-state index is 0.0116. The zero-order chi connectivity index (χ0) is 17.4. The van der Waals surface area contributed by atoms with Crippen LogP contribution in [0.2, 0.25) is 0 Å². The number of para-hydroxylation sites is 2. The monoisotopic (exact) mass is 329 g/mol. The predicted octanol–water partition coefficient (Wildman–Crippen LogP) is 2.77. The van der Waals surface area contributed by atoms with Crippen molar-refractivity contribution in [1.29, 1.82) is 0 Å². The van der Waals surface area contributed by atoms with Gasteiger partial charge in [-0.3, -0.25) is 24.6 Å². The van der Waals surface area contributed by atoms with Gasteiger partial charge >= 0.3 is 0 Å². The summed E-state index contributed by atoms with van der Waals surface area (Å²) in [6, 6.07) is 9.25. The summed E-state index contributed by atoms with van der Waals surface area (Å²) in [5.74, 6) is -1.76. The molecule has 1 aliphatic rings. The molecule has 1 aliphatic heterocycles. The summed E-state index contributed by atoms with van der Waals surface area (Å²) in [7, 11) is 1.47. The summed E-state index contributed by atoms with van der Waals surface area (Å²) in [4.78, 5) is 37.6. The lowest BCUT2D eigenvalue weighted by Gasteiger charge is -2.23. The van der Waals surface area contributed by atoms with E-state index in [1.807, 2.05) is 0 Å². The first kappa shape index (κ1) is 15.6. The number of anilines is 3. The predicted molar refractivity (Wildman–Crippen MR) is 84.7 cm³/mol. The zero-order valence-corrected chi connectivity index (χ0v) is 12.6. The summed E-state index contributed by atoms with van der Waals surface area (Å²) in [6.45, 7) is 0. The molecule has 8 heteroatoms. The minimum atomic E-state index is -0.662. The van der Waals surface area contributed by atoms with Crippen LogP contribution in [0.1, 0.15) is 6.42 Å². The maximum absolute atomic E-state index is 13.8. The van der Waals surface area contributed by atoms with Crippen molar-refractivity contribution in [2.24, 2.45) is 0 Å². The number of halogens is 1. The van der Waals surface area contributed by atoms with Crippen LogP contribution in [0.15, 0.2) is 42.5 Å². The number of nitro benzene ring substituents is 1. The van der Waals surface area contributed by atoms with E-state index in [9.17, 15) is 24.1 Å². The number of rotatable bonds is 2. The van der Waals surface area contributed by atoms with E-state index in [-0.39, 0.29) is 17.1 Å². The lowest BCUT2D eigenvalue weighted by Crippen LogP contribution is -2.29. The molecule has 0 saturated heterocycles. The fourth-order valence-electron chi connectivity index (χ4n) is 2.63. The SMILES string of the molecule is CN1C(=O)CC(=O)N(c2ccccc2[N+](=O)[O-])c2cc(F)ccc21. The van der Waals surface area contributed by atoms with Crippen molar-refractivity contribution in [1.82, 2.24) is 0 Å². The van der Waals surface area contributed by atoms with Crippen molar-refractivity contribution in [3.63, 3.8) is 0 Å². The van der Waals surface area contributed by atoms with Gasteiger partial charge in [0.05, 0.1) is 16.3 Å². The molecule has 2 aromatic rings. The number of amides is 2. The van der Waals surface area contributed by atoms with Gasteiger partial charge in [-0.05, 0) is 18.2 Å². The first-order chi connectivity index (χ1) is 11.4. The second-order valence-electron chi connectivity index (χ2n) is 5.24. The fraction of sp³-hybridized carbons (Fsp3) is 0.125. The lowest BCUT2D eigenvalue weighted by atomic mass is 10.2. The summed E-state index contributed by atoms with van der Waals surface area (Å²) >= 11 is 0. The van der Waals surface area contributed by atoms with E-state index in [0.29, 0.717) is 5.69 Å². The summed E-state index contributed by atoms with van der Waals surface area (Å²) < 4.78 is 13.8. The number of nitro groups is 1. The number of carbonyl (C=O) groups is 2. The molecule has 2 aromatic carbocycles. The Balaban J connectivity index is 2.29. The Morgan fingerprint density at radius 1 is 1.04 bits per heavy atom. The van der Waals surface area contributed by atoms with Gasteiger partial charge in [-0.2, -0.15) is 0 Å². The number of hydrogen-bond acceptors (Lipinski definition) is 4. The van der Waals surface area contributed by atoms with Crippen LogP contribution in [0, 0.1) is 15.9 Å². The highest BCUT2D eigenvalue weighted by atomic mass is 19.1. The van der Waals surface area contributed by atoms with E-state index < -0.39 is 29.0 Å². The molecule has 122 valence electrons. The Labute approximate surface area is 136 Å². The summed E-state index contributed by atoms with van der Waals surface area (Å²) in [5.41, 5.74) is 0.0635. The average Bonchev–Trinajstić information content (AvgIpc) is 2.62. The molecule has 0 N–H and O–H groups in total. The molecule has 0 aliphatic carbocycles. The highest BCUT2D eigenvalue weighted by Crippen LogP contribution is 2.41. The Hall–Kier alpha value is -3.29. The standard InChI is InChI=1S/C16H12FN3O4/c1-18-11-7-6-10(17)8-14(11)19(16(22)9-15(18)21)12-4-2-3-5-13(12)20(23)24/h2-8H,9H2,1H3. The molecule has 0 atom stereocenters. The third-order valence-electron chi connectivity index (χ3n) is 3.79. The van der Waals surface area contributed by atoms with Crippen LogP contribution in [0.4, 0.5) is 27.1 Å². The van der Waals surface area contributed by atoms with Gasteiger partial charge in [0.2, 0.25) is 11.8 Å². The van der Waals surface area contributed by atoms with Crippen LogP contribution >= 0.6 is 0 Å². The van der Waals surface area contributed by atoms with Gasteiger partial charge in [-0.15, -0.1) is 0 Å². The van der Waals surface area contributed by atoms with Crippen LogP contribution in [0.5, 0.6) is 0 Å². The highest BCUT2D eigenvalue weighted by Gasteiger charge is 2.34. The number of benzene rings is 2. The van der Waals surface area contributed by atoms with Crippen LogP contribution in [0.25, 0.3) is 0 Å². The van der Waals surface area contributed by atoms with Crippen LogP contribution < -0.4 is 9.80 Å². The topological polar surface area (TPSA) is 83.8 Å². The van der Waals surface area contributed by atoms with Crippen LogP contribution in [-0.4, -0.2) is 23.8 Å². The normalized spacial score (nSPS) is 14.4.